The molecule has 4 atom stereocenters. The van der Waals surface area contributed by atoms with Crippen LogP contribution in [0.3, 0.4) is 0 Å². The molecule has 0 amide bonds. The van der Waals surface area contributed by atoms with Gasteiger partial charge in [0, 0.05) is 5.56 Å². The van der Waals surface area contributed by atoms with Gasteiger partial charge in [-0.1, -0.05) is 29.8 Å². The fraction of sp³-hybridized carbons (Fsp3) is 0.381. The van der Waals surface area contributed by atoms with Crippen LogP contribution in [0.25, 0.3) is 11.2 Å². The third-order valence-corrected chi connectivity index (χ3v) is 5.91. The molecular weight excluding hydrogens is 467 g/mol. The Labute approximate surface area is 189 Å². The van der Waals surface area contributed by atoms with E-state index in [1.165, 1.54) is 18.2 Å². The molecule has 2 aliphatic rings. The van der Waals surface area contributed by atoms with E-state index in [9.17, 15) is 23.1 Å². The summed E-state index contributed by atoms with van der Waals surface area (Å²) in [6.07, 6.45) is -7.22. The van der Waals surface area contributed by atoms with Crippen LogP contribution in [0.15, 0.2) is 30.3 Å². The van der Waals surface area contributed by atoms with E-state index < -0.39 is 53.9 Å². The third-order valence-electron chi connectivity index (χ3n) is 5.58. The van der Waals surface area contributed by atoms with Gasteiger partial charge in [-0.15, -0.1) is 0 Å². The van der Waals surface area contributed by atoms with Gasteiger partial charge >= 0.3 is 6.18 Å². The predicted octanol–water partition coefficient (Wildman–Crippen LogP) is 2.96. The second-order valence-corrected chi connectivity index (χ2v) is 8.20. The van der Waals surface area contributed by atoms with E-state index in [0.717, 1.165) is 12.1 Å². The van der Waals surface area contributed by atoms with Crippen LogP contribution in [-0.2, 0) is 22.1 Å². The van der Waals surface area contributed by atoms with E-state index in [0.29, 0.717) is 5.52 Å². The summed E-state index contributed by atoms with van der Waals surface area (Å²) in [6, 6.07) is 6.15. The average molecular weight is 484 g/mol. The summed E-state index contributed by atoms with van der Waals surface area (Å²) in [5, 5.41) is 9.93. The molecule has 3 aromatic rings. The first-order valence-corrected chi connectivity index (χ1v) is 10.4. The quantitative estimate of drug-likeness (QED) is 0.537. The van der Waals surface area contributed by atoms with Crippen molar-refractivity contribution in [1.29, 1.82) is 0 Å². The number of aliphatic hydroxyl groups excluding tert-OH is 1. The summed E-state index contributed by atoms with van der Waals surface area (Å²) in [7, 11) is 0. The van der Waals surface area contributed by atoms with Crippen molar-refractivity contribution in [2.45, 2.75) is 37.0 Å². The number of nitrogens with one attached hydrogen (secondary N) is 1. The van der Waals surface area contributed by atoms with Crippen molar-refractivity contribution in [1.82, 2.24) is 15.0 Å². The molecule has 33 heavy (non-hydrogen) atoms. The number of nitrogens with zero attached hydrogens (tertiary/aromatic N) is 2. The minimum Gasteiger partial charge on any atom is -0.456 e. The first-order valence-electron chi connectivity index (χ1n) is 10.0. The van der Waals surface area contributed by atoms with Crippen LogP contribution >= 0.6 is 11.6 Å². The molecule has 0 aliphatic carbocycles. The zero-order valence-electron chi connectivity index (χ0n) is 16.8. The lowest BCUT2D eigenvalue weighted by Gasteiger charge is -2.15. The van der Waals surface area contributed by atoms with Crippen molar-refractivity contribution in [3.63, 3.8) is 0 Å². The fourth-order valence-corrected chi connectivity index (χ4v) is 4.24. The molecule has 0 bridgehead atoms. The van der Waals surface area contributed by atoms with Crippen LogP contribution in [0.1, 0.15) is 21.6 Å². The van der Waals surface area contributed by atoms with E-state index >= 15 is 0 Å². The Hall–Kier alpha value is -2.73. The summed E-state index contributed by atoms with van der Waals surface area (Å²) >= 11 is 6.24. The Morgan fingerprint density at radius 2 is 1.97 bits per heavy atom. The molecule has 0 radical (unpaired) electrons. The first kappa shape index (κ1) is 22.1. The Morgan fingerprint density at radius 1 is 1.21 bits per heavy atom. The summed E-state index contributed by atoms with van der Waals surface area (Å²) in [5.74, 6) is -0.769. The molecule has 2 aromatic heterocycles. The maximum atomic E-state index is 13.3. The molecule has 0 saturated carbocycles. The number of rotatable bonds is 5. The number of ketones is 1. The normalized spacial score (nSPS) is 24.9. The Balaban J connectivity index is 1.36. The maximum absolute atomic E-state index is 13.3. The molecule has 2 saturated heterocycles. The number of alkyl halides is 3. The van der Waals surface area contributed by atoms with Crippen LogP contribution in [0.2, 0.25) is 5.02 Å². The van der Waals surface area contributed by atoms with Crippen molar-refractivity contribution in [2.24, 2.45) is 0 Å². The molecule has 2 fully saturated rings. The van der Waals surface area contributed by atoms with Gasteiger partial charge in [0.1, 0.15) is 18.3 Å². The molecule has 8 nitrogen and oxygen atoms in total. The van der Waals surface area contributed by atoms with Crippen molar-refractivity contribution in [3.8, 4) is 6.01 Å². The minimum atomic E-state index is -4.66. The minimum absolute atomic E-state index is 0.0932. The molecule has 2 N–H and O–H groups in total. The lowest BCUT2D eigenvalue weighted by Crippen LogP contribution is -2.34. The second kappa shape index (κ2) is 8.24. The zero-order valence-corrected chi connectivity index (χ0v) is 17.6. The number of H-pyrrole nitrogens is 1. The van der Waals surface area contributed by atoms with Gasteiger partial charge in [-0.25, -0.2) is 4.98 Å². The number of imidazole rings is 1. The number of fused-ring (bicyclic) bond motifs is 2. The summed E-state index contributed by atoms with van der Waals surface area (Å²) in [6.45, 7) is 0.358. The van der Waals surface area contributed by atoms with E-state index in [1.54, 1.807) is 0 Å². The van der Waals surface area contributed by atoms with Crippen LogP contribution < -0.4 is 4.74 Å². The Kier molecular flexibility index (Phi) is 5.52. The molecular formula is C21H17ClF3N3O5. The van der Waals surface area contributed by atoms with Crippen LogP contribution in [-0.4, -0.2) is 63.5 Å². The number of hydrogen-bond donors (Lipinski definition) is 2. The van der Waals surface area contributed by atoms with E-state index in [2.05, 4.69) is 15.0 Å². The fourth-order valence-electron chi connectivity index (χ4n) is 4.02. The highest BCUT2D eigenvalue weighted by Gasteiger charge is 2.48. The number of carbonyl (C=O) groups is 1. The average Bonchev–Trinajstić information content (AvgIpc) is 3.45. The lowest BCUT2D eigenvalue weighted by atomic mass is 10.00. The molecule has 0 unspecified atom stereocenters. The Bertz CT molecular complexity index is 1220. The number of Topliss-reactive ketones (excluding diaryl/α,β-unsaturated/α-hetero) is 1. The van der Waals surface area contributed by atoms with Crippen molar-refractivity contribution in [2.75, 3.05) is 13.2 Å². The standard InChI is InChI=1S/C21H17ClF3N3O5/c22-11-5-13-19(28-20(27-13)33-16-8-32-17-15(30)7-31-18(16)17)26-12(11)6-14(29)9-3-1-2-4-10(9)21(23,24)25/h1-5,15-18,30H,6-8H2,(H,26,27,28)/t15-,16-,17-,18-/m1/s1. The van der Waals surface area contributed by atoms with E-state index in [4.69, 9.17) is 25.8 Å². The first-order chi connectivity index (χ1) is 15.7. The number of halogens is 4. The molecule has 2 aliphatic heterocycles. The van der Waals surface area contributed by atoms with Gasteiger partial charge < -0.3 is 24.3 Å². The number of aliphatic hydroxyl groups is 1. The van der Waals surface area contributed by atoms with E-state index in [-0.39, 0.29) is 35.6 Å². The van der Waals surface area contributed by atoms with Gasteiger partial charge in [0.25, 0.3) is 6.01 Å². The topological polar surface area (TPSA) is 107 Å². The molecule has 12 heteroatoms. The van der Waals surface area contributed by atoms with Crippen molar-refractivity contribution in [3.05, 3.63) is 52.2 Å². The third kappa shape index (κ3) is 4.17. The SMILES string of the molecule is O=C(Cc1nc2nc(O[C@@H]3CO[C@H]4[C@@H]3OC[C@H]4O)[nH]c2cc1Cl)c1ccccc1C(F)(F)F. The van der Waals surface area contributed by atoms with Gasteiger partial charge in [-0.05, 0) is 12.1 Å². The van der Waals surface area contributed by atoms with Gasteiger partial charge in [0.2, 0.25) is 0 Å². The maximum Gasteiger partial charge on any atom is 0.417 e. The van der Waals surface area contributed by atoms with Crippen molar-refractivity contribution >= 4 is 28.5 Å². The zero-order chi connectivity index (χ0) is 23.3. The Morgan fingerprint density at radius 3 is 2.76 bits per heavy atom. The summed E-state index contributed by atoms with van der Waals surface area (Å²) < 4.78 is 56.6. The summed E-state index contributed by atoms with van der Waals surface area (Å²) in [5.41, 5.74) is -0.771. The van der Waals surface area contributed by atoms with Gasteiger partial charge in [-0.2, -0.15) is 18.2 Å². The largest absolute Gasteiger partial charge is 0.456 e. The van der Waals surface area contributed by atoms with Crippen molar-refractivity contribution < 1.29 is 37.3 Å². The molecule has 5 rings (SSSR count). The lowest BCUT2D eigenvalue weighted by molar-refractivity contribution is -0.137. The molecule has 0 spiro atoms. The second-order valence-electron chi connectivity index (χ2n) is 7.79. The molecule has 174 valence electrons. The number of pyridine rings is 1. The molecule has 1 aromatic carbocycles. The number of hydrogen-bond acceptors (Lipinski definition) is 7. The smallest absolute Gasteiger partial charge is 0.417 e. The van der Waals surface area contributed by atoms with Gasteiger partial charge in [0.15, 0.2) is 17.5 Å². The van der Waals surface area contributed by atoms with Crippen LogP contribution in [0.5, 0.6) is 6.01 Å². The number of carbonyl (C=O) groups excluding carboxylic acids is 1. The highest BCUT2D eigenvalue weighted by Crippen LogP contribution is 2.33. The number of benzene rings is 1. The molecule has 4 heterocycles. The number of ether oxygens (including phenoxy) is 3. The summed E-state index contributed by atoms with van der Waals surface area (Å²) in [4.78, 5) is 24.0. The number of aromatic nitrogens is 3. The predicted molar refractivity (Wildman–Crippen MR) is 108 cm³/mol. The van der Waals surface area contributed by atoms with E-state index in [1.807, 2.05) is 0 Å². The number of aromatic amines is 1. The monoisotopic (exact) mass is 483 g/mol. The highest BCUT2D eigenvalue weighted by atomic mass is 35.5. The van der Waals surface area contributed by atoms with Gasteiger partial charge in [0.05, 0.1) is 41.4 Å². The highest BCUT2D eigenvalue weighted by molar-refractivity contribution is 6.32. The van der Waals surface area contributed by atoms with Crippen LogP contribution in [0.4, 0.5) is 13.2 Å². The van der Waals surface area contributed by atoms with Crippen LogP contribution in [0, 0.1) is 0 Å². The van der Waals surface area contributed by atoms with Gasteiger partial charge in [-0.3, -0.25) is 4.79 Å².